The van der Waals surface area contributed by atoms with Crippen molar-refractivity contribution in [3.63, 3.8) is 0 Å². The Balaban J connectivity index is 2.53. The van der Waals surface area contributed by atoms with Gasteiger partial charge < -0.3 is 0 Å². The van der Waals surface area contributed by atoms with Crippen LogP contribution in [0, 0.1) is 0 Å². The number of amides is 1. The first kappa shape index (κ1) is 14.6. The molecule has 7 heteroatoms. The van der Waals surface area contributed by atoms with Gasteiger partial charge in [-0.1, -0.05) is 12.1 Å². The molecule has 0 atom stereocenters. The largest absolute Gasteiger partial charge is 0.277 e. The van der Waals surface area contributed by atoms with Crippen molar-refractivity contribution in [2.75, 3.05) is 19.9 Å². The van der Waals surface area contributed by atoms with Gasteiger partial charge in [0.25, 0.3) is 5.91 Å². The van der Waals surface area contributed by atoms with Crippen LogP contribution in [0.1, 0.15) is 15.9 Å². The van der Waals surface area contributed by atoms with Crippen LogP contribution in [0.2, 0.25) is 0 Å². The second kappa shape index (κ2) is 6.48. The van der Waals surface area contributed by atoms with Crippen molar-refractivity contribution in [1.82, 2.24) is 10.2 Å². The number of carbonyl (C=O) groups excluding carboxylic acids is 1. The van der Waals surface area contributed by atoms with Gasteiger partial charge in [0.05, 0.1) is 13.4 Å². The van der Waals surface area contributed by atoms with Crippen molar-refractivity contribution < 1.29 is 18.0 Å². The fourth-order valence-corrected chi connectivity index (χ4v) is 1.83. The van der Waals surface area contributed by atoms with Crippen LogP contribution in [0.25, 0.3) is 0 Å². The van der Waals surface area contributed by atoms with E-state index in [9.17, 15) is 13.2 Å². The van der Waals surface area contributed by atoms with Gasteiger partial charge in [-0.05, 0) is 24.1 Å². The van der Waals surface area contributed by atoms with Crippen molar-refractivity contribution in [1.29, 1.82) is 0 Å². The van der Waals surface area contributed by atoms with Crippen LogP contribution in [0.5, 0.6) is 0 Å². The van der Waals surface area contributed by atoms with Crippen LogP contribution >= 0.6 is 0 Å². The van der Waals surface area contributed by atoms with Crippen molar-refractivity contribution in [2.45, 2.75) is 6.42 Å². The third-order valence-corrected chi connectivity index (χ3v) is 2.92. The summed E-state index contributed by atoms with van der Waals surface area (Å²) in [5.74, 6) is -0.321. The third-order valence-electron chi connectivity index (χ3n) is 2.19. The predicted octanol–water partition coefficient (Wildman–Crippen LogP) is 0.0695. The van der Waals surface area contributed by atoms with E-state index in [4.69, 9.17) is 0 Å². The molecule has 0 saturated carbocycles. The Morgan fingerprint density at radius 1 is 1.28 bits per heavy atom. The van der Waals surface area contributed by atoms with Gasteiger partial charge >= 0.3 is 0 Å². The molecule has 2 N–H and O–H groups in total. The summed E-state index contributed by atoms with van der Waals surface area (Å²) in [4.78, 5) is 15.9. The van der Waals surface area contributed by atoms with Crippen LogP contribution < -0.4 is 10.2 Å². The lowest BCUT2D eigenvalue weighted by Gasteiger charge is -2.05. The standard InChI is InChI=1S/C11H16N2O4S/c1-17-13-11(14)10-5-3-9(4-6-10)7-8-12-18(2,15)16/h3-6,12H,7-8H2,1-2H3,(H,13,14). The Hall–Kier alpha value is -1.44. The summed E-state index contributed by atoms with van der Waals surface area (Å²) in [5.41, 5.74) is 3.64. The normalized spacial score (nSPS) is 11.2. The Morgan fingerprint density at radius 3 is 2.39 bits per heavy atom. The van der Waals surface area contributed by atoms with Gasteiger partial charge in [0.1, 0.15) is 0 Å². The highest BCUT2D eigenvalue weighted by Crippen LogP contribution is 2.05. The Labute approximate surface area is 106 Å². The monoisotopic (exact) mass is 272 g/mol. The number of hydroxylamine groups is 1. The number of rotatable bonds is 6. The molecule has 0 unspecified atom stereocenters. The molecule has 0 aliphatic carbocycles. The van der Waals surface area contributed by atoms with Gasteiger partial charge in [-0.15, -0.1) is 0 Å². The topological polar surface area (TPSA) is 84.5 Å². The molecule has 0 spiro atoms. The van der Waals surface area contributed by atoms with E-state index in [0.29, 0.717) is 18.5 Å². The van der Waals surface area contributed by atoms with E-state index in [1.54, 1.807) is 24.3 Å². The summed E-state index contributed by atoms with van der Waals surface area (Å²) < 4.78 is 24.1. The number of benzene rings is 1. The van der Waals surface area contributed by atoms with E-state index in [1.807, 2.05) is 0 Å². The third kappa shape index (κ3) is 5.26. The first-order valence-electron chi connectivity index (χ1n) is 5.29. The fourth-order valence-electron chi connectivity index (χ4n) is 1.36. The minimum absolute atomic E-state index is 0.321. The molecule has 1 aromatic rings. The zero-order chi connectivity index (χ0) is 13.6. The molecule has 0 aliphatic heterocycles. The molecule has 0 bridgehead atoms. The predicted molar refractivity (Wildman–Crippen MR) is 67.5 cm³/mol. The maximum atomic E-state index is 11.4. The Morgan fingerprint density at radius 2 is 1.89 bits per heavy atom. The summed E-state index contributed by atoms with van der Waals surface area (Å²) in [7, 11) is -1.79. The molecule has 6 nitrogen and oxygen atoms in total. The lowest BCUT2D eigenvalue weighted by Crippen LogP contribution is -2.24. The van der Waals surface area contributed by atoms with E-state index in [0.717, 1.165) is 11.8 Å². The molecule has 0 aliphatic rings. The van der Waals surface area contributed by atoms with Gasteiger partial charge in [0.2, 0.25) is 10.0 Å². The molecule has 0 radical (unpaired) electrons. The number of hydrogen-bond acceptors (Lipinski definition) is 4. The highest BCUT2D eigenvalue weighted by Gasteiger charge is 2.04. The van der Waals surface area contributed by atoms with E-state index < -0.39 is 10.0 Å². The highest BCUT2D eigenvalue weighted by molar-refractivity contribution is 7.88. The molecule has 1 rings (SSSR count). The minimum Gasteiger partial charge on any atom is -0.277 e. The summed E-state index contributed by atoms with van der Waals surface area (Å²) in [6, 6.07) is 6.86. The van der Waals surface area contributed by atoms with Gasteiger partial charge in [0.15, 0.2) is 0 Å². The van der Waals surface area contributed by atoms with Crippen LogP contribution in [0.15, 0.2) is 24.3 Å². The average Bonchev–Trinajstić information content (AvgIpc) is 2.28. The second-order valence-electron chi connectivity index (χ2n) is 3.75. The van der Waals surface area contributed by atoms with Crippen molar-refractivity contribution in [3.8, 4) is 0 Å². The minimum atomic E-state index is -3.15. The lowest BCUT2D eigenvalue weighted by molar-refractivity contribution is 0.0537. The van der Waals surface area contributed by atoms with Crippen LogP contribution in [-0.2, 0) is 21.3 Å². The number of hydrogen-bond donors (Lipinski definition) is 2. The van der Waals surface area contributed by atoms with Crippen molar-refractivity contribution in [3.05, 3.63) is 35.4 Å². The molecule has 1 amide bonds. The first-order chi connectivity index (χ1) is 8.42. The van der Waals surface area contributed by atoms with E-state index in [2.05, 4.69) is 15.0 Å². The highest BCUT2D eigenvalue weighted by atomic mass is 32.2. The average molecular weight is 272 g/mol. The summed E-state index contributed by atoms with van der Waals surface area (Å²) in [6.07, 6.45) is 1.68. The van der Waals surface area contributed by atoms with Crippen molar-refractivity contribution in [2.24, 2.45) is 0 Å². The zero-order valence-electron chi connectivity index (χ0n) is 10.3. The van der Waals surface area contributed by atoms with Crippen molar-refractivity contribution >= 4 is 15.9 Å². The van der Waals surface area contributed by atoms with Gasteiger partial charge in [-0.25, -0.2) is 18.6 Å². The molecule has 0 fully saturated rings. The van der Waals surface area contributed by atoms with Crippen LogP contribution in [0.4, 0.5) is 0 Å². The summed E-state index contributed by atoms with van der Waals surface area (Å²) >= 11 is 0. The molecule has 100 valence electrons. The molecular formula is C11H16N2O4S. The Kier molecular flexibility index (Phi) is 5.26. The molecule has 0 saturated heterocycles. The van der Waals surface area contributed by atoms with Gasteiger partial charge in [-0.2, -0.15) is 0 Å². The van der Waals surface area contributed by atoms with Gasteiger partial charge in [0, 0.05) is 12.1 Å². The molecule has 0 aromatic heterocycles. The Bertz CT molecular complexity index is 496. The van der Waals surface area contributed by atoms with E-state index in [-0.39, 0.29) is 5.91 Å². The fraction of sp³-hybridized carbons (Fsp3) is 0.364. The summed E-state index contributed by atoms with van der Waals surface area (Å²) in [6.45, 7) is 0.336. The maximum absolute atomic E-state index is 11.4. The number of sulfonamides is 1. The summed E-state index contributed by atoms with van der Waals surface area (Å²) in [5, 5.41) is 0. The number of carbonyl (C=O) groups is 1. The molecule has 0 heterocycles. The van der Waals surface area contributed by atoms with E-state index >= 15 is 0 Å². The lowest BCUT2D eigenvalue weighted by atomic mass is 10.1. The quantitative estimate of drug-likeness (QED) is 0.718. The zero-order valence-corrected chi connectivity index (χ0v) is 11.1. The van der Waals surface area contributed by atoms with Gasteiger partial charge in [-0.3, -0.25) is 9.63 Å². The molecule has 18 heavy (non-hydrogen) atoms. The first-order valence-corrected chi connectivity index (χ1v) is 7.18. The second-order valence-corrected chi connectivity index (χ2v) is 5.58. The molecular weight excluding hydrogens is 256 g/mol. The number of nitrogens with one attached hydrogen (secondary N) is 2. The van der Waals surface area contributed by atoms with Crippen LogP contribution in [-0.4, -0.2) is 34.2 Å². The SMILES string of the molecule is CONC(=O)c1ccc(CCNS(C)(=O)=O)cc1. The smallest absolute Gasteiger partial charge is 0.274 e. The van der Waals surface area contributed by atoms with E-state index in [1.165, 1.54) is 7.11 Å². The van der Waals surface area contributed by atoms with Crippen LogP contribution in [0.3, 0.4) is 0 Å². The maximum Gasteiger partial charge on any atom is 0.274 e. The molecule has 1 aromatic carbocycles.